The van der Waals surface area contributed by atoms with Crippen LogP contribution in [-0.4, -0.2) is 70.0 Å². The lowest BCUT2D eigenvalue weighted by atomic mass is 10.3. The van der Waals surface area contributed by atoms with E-state index in [1.54, 1.807) is 0 Å². The van der Waals surface area contributed by atoms with Crippen LogP contribution >= 0.6 is 24.0 Å². The molecule has 1 rings (SSSR count). The lowest BCUT2D eigenvalue weighted by Crippen LogP contribution is -2.37. The summed E-state index contributed by atoms with van der Waals surface area (Å²) in [4.78, 5) is 6.69. The maximum Gasteiger partial charge on any atom is 0.188 e. The van der Waals surface area contributed by atoms with E-state index in [9.17, 15) is 0 Å². The van der Waals surface area contributed by atoms with E-state index in [1.165, 1.54) is 0 Å². The summed E-state index contributed by atoms with van der Waals surface area (Å²) in [5, 5.41) is 3.03. The molecule has 0 aromatic heterocycles. The summed E-state index contributed by atoms with van der Waals surface area (Å²) in [5.74, 6) is 0.492. The van der Waals surface area contributed by atoms with E-state index in [0.29, 0.717) is 25.7 Å². The Kier molecular flexibility index (Phi) is 13.1. The highest BCUT2D eigenvalue weighted by molar-refractivity contribution is 14.0. The largest absolute Gasteiger partial charge is 0.379 e. The van der Waals surface area contributed by atoms with Gasteiger partial charge >= 0.3 is 0 Å². The van der Waals surface area contributed by atoms with Crippen molar-refractivity contribution in [3.05, 3.63) is 12.2 Å². The summed E-state index contributed by atoms with van der Waals surface area (Å²) >= 11 is 0. The minimum atomic E-state index is 0. The maximum atomic E-state index is 5.77. The number of hydrogen-bond acceptors (Lipinski definition) is 4. The van der Waals surface area contributed by atoms with Gasteiger partial charge in [0.2, 0.25) is 0 Å². The van der Waals surface area contributed by atoms with Crippen LogP contribution in [0.15, 0.2) is 17.1 Å². The lowest BCUT2D eigenvalue weighted by Gasteiger charge is -2.26. The van der Waals surface area contributed by atoms with Crippen LogP contribution in [0.25, 0.3) is 0 Å². The SMILES string of the molecule is C=C(C)COCCNC(N)=NCCCN1CCOCC1.I. The predicted molar refractivity (Wildman–Crippen MR) is 97.4 cm³/mol. The second kappa shape index (κ2) is 13.3. The smallest absolute Gasteiger partial charge is 0.188 e. The Morgan fingerprint density at radius 1 is 1.43 bits per heavy atom. The number of morpholine rings is 1. The summed E-state index contributed by atoms with van der Waals surface area (Å²) < 4.78 is 10.7. The first kappa shape index (κ1) is 20.6. The van der Waals surface area contributed by atoms with Crippen LogP contribution in [0.2, 0.25) is 0 Å². The first-order valence-corrected chi connectivity index (χ1v) is 7.24. The Labute approximate surface area is 145 Å². The number of hydrogen-bond donors (Lipinski definition) is 2. The van der Waals surface area contributed by atoms with E-state index in [2.05, 4.69) is 21.8 Å². The van der Waals surface area contributed by atoms with E-state index in [1.807, 2.05) is 6.92 Å². The third-order valence-corrected chi connectivity index (χ3v) is 2.92. The zero-order valence-electron chi connectivity index (χ0n) is 13.0. The highest BCUT2D eigenvalue weighted by Gasteiger charge is 2.08. The van der Waals surface area contributed by atoms with Gasteiger partial charge in [0, 0.05) is 32.7 Å². The fourth-order valence-electron chi connectivity index (χ4n) is 1.87. The van der Waals surface area contributed by atoms with Crippen molar-refractivity contribution in [1.29, 1.82) is 0 Å². The molecular formula is C14H29IN4O2. The van der Waals surface area contributed by atoms with Crippen LogP contribution in [0.3, 0.4) is 0 Å². The van der Waals surface area contributed by atoms with Crippen LogP contribution < -0.4 is 11.1 Å². The summed E-state index contributed by atoms with van der Waals surface area (Å²) in [6, 6.07) is 0. The summed E-state index contributed by atoms with van der Waals surface area (Å²) in [6.45, 7) is 13.1. The average Bonchev–Trinajstić information content (AvgIpc) is 2.44. The van der Waals surface area contributed by atoms with Gasteiger partial charge in [-0.05, 0) is 13.3 Å². The molecule has 0 aliphatic carbocycles. The van der Waals surface area contributed by atoms with Gasteiger partial charge in [-0.15, -0.1) is 24.0 Å². The van der Waals surface area contributed by atoms with Gasteiger partial charge in [-0.25, -0.2) is 0 Å². The first-order chi connectivity index (χ1) is 9.68. The zero-order valence-corrected chi connectivity index (χ0v) is 15.3. The molecule has 0 aromatic rings. The highest BCUT2D eigenvalue weighted by atomic mass is 127. The molecule has 1 aliphatic heterocycles. The zero-order chi connectivity index (χ0) is 14.6. The normalized spacial score (nSPS) is 16.3. The standard InChI is InChI=1S/C14H28N4O2.HI/c1-13(2)12-20-9-5-17-14(15)16-4-3-6-18-7-10-19-11-8-18;/h1,3-12H2,2H3,(H3,15,16,17);1H. The number of guanidine groups is 1. The van der Waals surface area contributed by atoms with Crippen molar-refractivity contribution in [2.24, 2.45) is 10.7 Å². The molecule has 0 saturated carbocycles. The van der Waals surface area contributed by atoms with Crippen molar-refractivity contribution in [1.82, 2.24) is 10.2 Å². The van der Waals surface area contributed by atoms with Gasteiger partial charge in [0.1, 0.15) is 0 Å². The van der Waals surface area contributed by atoms with Crippen molar-refractivity contribution < 1.29 is 9.47 Å². The molecule has 0 amide bonds. The van der Waals surface area contributed by atoms with E-state index >= 15 is 0 Å². The van der Waals surface area contributed by atoms with Crippen molar-refractivity contribution in [3.63, 3.8) is 0 Å². The fourth-order valence-corrected chi connectivity index (χ4v) is 1.87. The number of halogens is 1. The number of rotatable bonds is 9. The molecule has 0 aromatic carbocycles. The highest BCUT2D eigenvalue weighted by Crippen LogP contribution is 1.97. The van der Waals surface area contributed by atoms with E-state index < -0.39 is 0 Å². The molecule has 6 nitrogen and oxygen atoms in total. The van der Waals surface area contributed by atoms with Gasteiger partial charge in [0.25, 0.3) is 0 Å². The van der Waals surface area contributed by atoms with Crippen LogP contribution in [0.5, 0.6) is 0 Å². The molecule has 124 valence electrons. The Morgan fingerprint density at radius 2 is 2.14 bits per heavy atom. The Morgan fingerprint density at radius 3 is 2.81 bits per heavy atom. The van der Waals surface area contributed by atoms with E-state index in [-0.39, 0.29) is 24.0 Å². The van der Waals surface area contributed by atoms with Crippen molar-refractivity contribution in [2.75, 3.05) is 59.2 Å². The molecule has 1 saturated heterocycles. The Hall–Kier alpha value is -0.380. The monoisotopic (exact) mass is 412 g/mol. The molecule has 0 radical (unpaired) electrons. The maximum absolute atomic E-state index is 5.77. The minimum Gasteiger partial charge on any atom is -0.379 e. The lowest BCUT2D eigenvalue weighted by molar-refractivity contribution is 0.0377. The Balaban J connectivity index is 0.00000400. The number of nitrogens with two attached hydrogens (primary N) is 1. The second-order valence-electron chi connectivity index (χ2n) is 5.01. The van der Waals surface area contributed by atoms with Gasteiger partial charge in [-0.3, -0.25) is 9.89 Å². The second-order valence-corrected chi connectivity index (χ2v) is 5.01. The molecule has 0 unspecified atom stereocenters. The van der Waals surface area contributed by atoms with Gasteiger partial charge < -0.3 is 20.5 Å². The van der Waals surface area contributed by atoms with Crippen molar-refractivity contribution >= 4 is 29.9 Å². The third-order valence-electron chi connectivity index (χ3n) is 2.92. The molecule has 3 N–H and O–H groups in total. The van der Waals surface area contributed by atoms with Gasteiger partial charge in [-0.1, -0.05) is 12.2 Å². The topological polar surface area (TPSA) is 72.1 Å². The Bertz CT molecular complexity index is 307. The number of nitrogens with zero attached hydrogens (tertiary/aromatic N) is 2. The van der Waals surface area contributed by atoms with E-state index in [0.717, 1.165) is 51.4 Å². The molecule has 1 aliphatic rings. The third kappa shape index (κ3) is 11.9. The van der Waals surface area contributed by atoms with Gasteiger partial charge in [0.15, 0.2) is 5.96 Å². The number of ether oxygens (including phenoxy) is 2. The number of aliphatic imine (C=N–C) groups is 1. The molecule has 0 atom stereocenters. The van der Waals surface area contributed by atoms with Crippen molar-refractivity contribution in [3.8, 4) is 0 Å². The predicted octanol–water partition coefficient (Wildman–Crippen LogP) is 0.824. The molecule has 0 spiro atoms. The first-order valence-electron chi connectivity index (χ1n) is 7.24. The molecular weight excluding hydrogens is 383 g/mol. The molecule has 1 fully saturated rings. The quantitative estimate of drug-likeness (QED) is 0.193. The summed E-state index contributed by atoms with van der Waals surface area (Å²) in [5.41, 5.74) is 6.79. The summed E-state index contributed by atoms with van der Waals surface area (Å²) in [6.07, 6.45) is 1.02. The van der Waals surface area contributed by atoms with Gasteiger partial charge in [0.05, 0.1) is 26.4 Å². The fraction of sp³-hybridized carbons (Fsp3) is 0.786. The number of nitrogens with one attached hydrogen (secondary N) is 1. The van der Waals surface area contributed by atoms with Crippen molar-refractivity contribution in [2.45, 2.75) is 13.3 Å². The van der Waals surface area contributed by atoms with Crippen LogP contribution in [-0.2, 0) is 9.47 Å². The van der Waals surface area contributed by atoms with Crippen LogP contribution in [0.4, 0.5) is 0 Å². The van der Waals surface area contributed by atoms with Crippen LogP contribution in [0, 0.1) is 0 Å². The molecule has 0 bridgehead atoms. The molecule has 1 heterocycles. The van der Waals surface area contributed by atoms with Gasteiger partial charge in [-0.2, -0.15) is 0 Å². The minimum absolute atomic E-state index is 0. The molecule has 7 heteroatoms. The molecule has 21 heavy (non-hydrogen) atoms. The van der Waals surface area contributed by atoms with E-state index in [4.69, 9.17) is 15.2 Å². The van der Waals surface area contributed by atoms with Crippen LogP contribution in [0.1, 0.15) is 13.3 Å². The average molecular weight is 412 g/mol. The summed E-state index contributed by atoms with van der Waals surface area (Å²) in [7, 11) is 0.